The fourth-order valence-electron chi connectivity index (χ4n) is 3.90. The summed E-state index contributed by atoms with van der Waals surface area (Å²) in [7, 11) is 0. The van der Waals surface area contributed by atoms with Gasteiger partial charge in [0.2, 0.25) is 0 Å². The second kappa shape index (κ2) is 8.69. The molecule has 0 unspecified atom stereocenters. The second-order valence-electron chi connectivity index (χ2n) is 8.24. The van der Waals surface area contributed by atoms with Gasteiger partial charge >= 0.3 is 0 Å². The largest absolute Gasteiger partial charge is 0.398 e. The molecule has 3 heterocycles. The number of thiophene rings is 1. The highest BCUT2D eigenvalue weighted by Crippen LogP contribution is 2.27. The average molecular weight is 483 g/mol. The normalized spacial score (nSPS) is 11.0. The molecule has 2 amide bonds. The summed E-state index contributed by atoms with van der Waals surface area (Å²) in [5.41, 5.74) is 17.8. The zero-order chi connectivity index (χ0) is 24.7. The summed E-state index contributed by atoms with van der Waals surface area (Å²) in [6.45, 7) is 3.76. The van der Waals surface area contributed by atoms with Gasteiger partial charge in [-0.05, 0) is 74.5 Å². The highest BCUT2D eigenvalue weighted by molar-refractivity contribution is 7.16. The molecule has 0 radical (unpaired) electrons. The van der Waals surface area contributed by atoms with E-state index < -0.39 is 0 Å². The summed E-state index contributed by atoms with van der Waals surface area (Å²) in [6, 6.07) is 17.6. The highest BCUT2D eigenvalue weighted by atomic mass is 32.1. The maximum Gasteiger partial charge on any atom is 0.265 e. The molecule has 0 bridgehead atoms. The average Bonchev–Trinajstić information content (AvgIpc) is 3.31. The molecule has 0 atom stereocenters. The van der Waals surface area contributed by atoms with Crippen molar-refractivity contribution in [2.24, 2.45) is 0 Å². The summed E-state index contributed by atoms with van der Waals surface area (Å²) in [5, 5.41) is 7.25. The van der Waals surface area contributed by atoms with Crippen LogP contribution < -0.4 is 22.1 Å². The monoisotopic (exact) mass is 482 g/mol. The van der Waals surface area contributed by atoms with Gasteiger partial charge in [-0.25, -0.2) is 0 Å². The van der Waals surface area contributed by atoms with Gasteiger partial charge < -0.3 is 22.1 Å². The van der Waals surface area contributed by atoms with Gasteiger partial charge in [0, 0.05) is 44.9 Å². The number of nitrogens with two attached hydrogens (primary N) is 2. The van der Waals surface area contributed by atoms with Crippen molar-refractivity contribution < 1.29 is 9.59 Å². The molecule has 9 heteroatoms. The Morgan fingerprint density at radius 1 is 0.686 bits per heavy atom. The number of aryl methyl sites for hydroxylation is 2. The van der Waals surface area contributed by atoms with E-state index in [0.29, 0.717) is 32.5 Å². The SMILES string of the molecule is Cc1cc(N)c2cc(NC(=O)c3ccc(C(=O)Nc4ccc5nc(C)cc(N)c5c4)s3)ccc2n1. The number of nitrogen functional groups attached to an aromatic ring is 2. The zero-order valence-electron chi connectivity index (χ0n) is 19.0. The quantitative estimate of drug-likeness (QED) is 0.280. The van der Waals surface area contributed by atoms with Crippen molar-refractivity contribution in [3.63, 3.8) is 0 Å². The Balaban J connectivity index is 1.31. The van der Waals surface area contributed by atoms with Crippen molar-refractivity contribution in [1.29, 1.82) is 0 Å². The number of pyridine rings is 2. The first-order valence-electron chi connectivity index (χ1n) is 10.8. The first-order valence-corrected chi connectivity index (χ1v) is 11.6. The van der Waals surface area contributed by atoms with Crippen LogP contribution in [0.5, 0.6) is 0 Å². The van der Waals surface area contributed by atoms with E-state index in [4.69, 9.17) is 11.5 Å². The molecule has 0 aliphatic heterocycles. The predicted molar refractivity (Wildman–Crippen MR) is 142 cm³/mol. The van der Waals surface area contributed by atoms with Gasteiger partial charge in [-0.2, -0.15) is 0 Å². The molecule has 6 N–H and O–H groups in total. The van der Waals surface area contributed by atoms with E-state index in [2.05, 4.69) is 20.6 Å². The van der Waals surface area contributed by atoms with Crippen molar-refractivity contribution in [3.05, 3.63) is 81.8 Å². The molecule has 174 valence electrons. The molecular formula is C26H22N6O2S. The second-order valence-corrected chi connectivity index (χ2v) is 9.33. The minimum atomic E-state index is -0.313. The lowest BCUT2D eigenvalue weighted by Gasteiger charge is -2.08. The number of nitrogens with zero attached hydrogens (tertiary/aromatic N) is 2. The third-order valence-electron chi connectivity index (χ3n) is 5.51. The molecule has 2 aromatic carbocycles. The molecule has 0 fully saturated rings. The van der Waals surface area contributed by atoms with Crippen molar-refractivity contribution in [1.82, 2.24) is 9.97 Å². The number of anilines is 4. The molecule has 3 aromatic heterocycles. The molecule has 8 nitrogen and oxygen atoms in total. The molecule has 0 saturated carbocycles. The molecule has 0 spiro atoms. The Labute approximate surface area is 205 Å². The molecule has 5 aromatic rings. The minimum absolute atomic E-state index is 0.313. The fraction of sp³-hybridized carbons (Fsp3) is 0.0769. The van der Waals surface area contributed by atoms with Crippen LogP contribution in [0.15, 0.2) is 60.7 Å². The van der Waals surface area contributed by atoms with Crippen molar-refractivity contribution >= 4 is 67.7 Å². The van der Waals surface area contributed by atoms with E-state index >= 15 is 0 Å². The molecule has 0 aliphatic rings. The Morgan fingerprint density at radius 2 is 1.11 bits per heavy atom. The zero-order valence-corrected chi connectivity index (χ0v) is 19.9. The number of nitrogens with one attached hydrogen (secondary N) is 2. The van der Waals surface area contributed by atoms with Crippen LogP contribution in [0, 0.1) is 13.8 Å². The number of amides is 2. The van der Waals surface area contributed by atoms with Crippen molar-refractivity contribution in [2.45, 2.75) is 13.8 Å². The van der Waals surface area contributed by atoms with E-state index in [-0.39, 0.29) is 11.8 Å². The number of hydrogen-bond acceptors (Lipinski definition) is 7. The summed E-state index contributed by atoms with van der Waals surface area (Å²) in [6.07, 6.45) is 0. The lowest BCUT2D eigenvalue weighted by atomic mass is 10.1. The molecule has 5 rings (SSSR count). The van der Waals surface area contributed by atoms with Crippen LogP contribution in [-0.2, 0) is 0 Å². The minimum Gasteiger partial charge on any atom is -0.398 e. The van der Waals surface area contributed by atoms with Crippen LogP contribution in [0.2, 0.25) is 0 Å². The smallest absolute Gasteiger partial charge is 0.265 e. The van der Waals surface area contributed by atoms with Gasteiger partial charge in [-0.1, -0.05) is 0 Å². The summed E-state index contributed by atoms with van der Waals surface area (Å²) in [5.74, 6) is -0.626. The van der Waals surface area contributed by atoms with Gasteiger partial charge in [-0.3, -0.25) is 19.6 Å². The first kappa shape index (κ1) is 22.3. The Kier molecular flexibility index (Phi) is 5.54. The van der Waals surface area contributed by atoms with Crippen molar-refractivity contribution in [2.75, 3.05) is 22.1 Å². The number of benzene rings is 2. The Bertz CT molecular complexity index is 1520. The summed E-state index contributed by atoms with van der Waals surface area (Å²) >= 11 is 1.11. The molecule has 0 saturated heterocycles. The molecule has 35 heavy (non-hydrogen) atoms. The third kappa shape index (κ3) is 4.49. The topological polar surface area (TPSA) is 136 Å². The van der Waals surface area contributed by atoms with E-state index in [1.807, 2.05) is 26.0 Å². The van der Waals surface area contributed by atoms with E-state index in [1.165, 1.54) is 0 Å². The van der Waals surface area contributed by atoms with E-state index in [9.17, 15) is 9.59 Å². The van der Waals surface area contributed by atoms with Gasteiger partial charge in [0.1, 0.15) is 0 Å². The maximum absolute atomic E-state index is 12.8. The number of fused-ring (bicyclic) bond motifs is 2. The van der Waals surface area contributed by atoms with Crippen LogP contribution in [0.25, 0.3) is 21.8 Å². The highest BCUT2D eigenvalue weighted by Gasteiger charge is 2.15. The Morgan fingerprint density at radius 3 is 1.54 bits per heavy atom. The van der Waals surface area contributed by atoms with Crippen LogP contribution in [0.1, 0.15) is 30.7 Å². The number of carbonyl (C=O) groups is 2. The van der Waals surface area contributed by atoms with Gasteiger partial charge in [0.25, 0.3) is 11.8 Å². The van der Waals surface area contributed by atoms with Crippen LogP contribution in [-0.4, -0.2) is 21.8 Å². The lowest BCUT2D eigenvalue weighted by Crippen LogP contribution is -2.11. The van der Waals surface area contributed by atoms with Crippen LogP contribution >= 0.6 is 11.3 Å². The van der Waals surface area contributed by atoms with Crippen LogP contribution in [0.4, 0.5) is 22.7 Å². The lowest BCUT2D eigenvalue weighted by molar-refractivity contribution is 0.102. The standard InChI is InChI=1S/C26H22N6O2S/c1-13-9-19(27)17-11-15(3-5-21(17)29-13)31-25(33)23-7-8-24(35-23)26(34)32-16-4-6-22-18(12-16)20(28)10-14(2)30-22/h3-12H,1-2H3,(H2,27,29)(H2,28,30)(H,31,33)(H,32,34). The van der Waals surface area contributed by atoms with Crippen LogP contribution in [0.3, 0.4) is 0 Å². The maximum atomic E-state index is 12.8. The fourth-order valence-corrected chi connectivity index (χ4v) is 4.70. The van der Waals surface area contributed by atoms with E-state index in [1.54, 1.807) is 48.5 Å². The van der Waals surface area contributed by atoms with Gasteiger partial charge in [0.15, 0.2) is 0 Å². The number of rotatable bonds is 4. The number of carbonyl (C=O) groups excluding carboxylic acids is 2. The summed E-state index contributed by atoms with van der Waals surface area (Å²) in [4.78, 5) is 35.3. The predicted octanol–water partition coefficient (Wildman–Crippen LogP) is 5.13. The Hall–Kier alpha value is -4.50. The first-order chi connectivity index (χ1) is 16.8. The molecule has 0 aliphatic carbocycles. The third-order valence-corrected chi connectivity index (χ3v) is 6.59. The van der Waals surface area contributed by atoms with Gasteiger partial charge in [-0.15, -0.1) is 11.3 Å². The number of hydrogen-bond donors (Lipinski definition) is 4. The molecular weight excluding hydrogens is 460 g/mol. The van der Waals surface area contributed by atoms with Crippen molar-refractivity contribution in [3.8, 4) is 0 Å². The summed E-state index contributed by atoms with van der Waals surface area (Å²) < 4.78 is 0. The van der Waals surface area contributed by atoms with Gasteiger partial charge in [0.05, 0.1) is 20.8 Å². The number of aromatic nitrogens is 2. The van der Waals surface area contributed by atoms with E-state index in [0.717, 1.165) is 44.5 Å².